The fourth-order valence-electron chi connectivity index (χ4n) is 1.88. The third kappa shape index (κ3) is 8.31. The smallest absolute Gasteiger partial charge is 0.00772 e. The van der Waals surface area contributed by atoms with Crippen LogP contribution in [0.3, 0.4) is 0 Å². The molecule has 0 fully saturated rings. The van der Waals surface area contributed by atoms with Crippen LogP contribution in [0.5, 0.6) is 0 Å². The lowest BCUT2D eigenvalue weighted by Gasteiger charge is -2.15. The molecule has 0 amide bonds. The molecule has 1 heteroatoms. The molecular formula is C13H27N. The van der Waals surface area contributed by atoms with E-state index in [-0.39, 0.29) is 0 Å². The fraction of sp³-hybridized carbons (Fsp3) is 0.846. The molecule has 0 rings (SSSR count). The first kappa shape index (κ1) is 13.7. The van der Waals surface area contributed by atoms with Gasteiger partial charge in [-0.15, -0.1) is 6.58 Å². The van der Waals surface area contributed by atoms with Crippen molar-refractivity contribution >= 4 is 0 Å². The second kappa shape index (κ2) is 10.8. The van der Waals surface area contributed by atoms with E-state index in [1.165, 1.54) is 51.4 Å². The number of nitrogens with two attached hydrogens (primary N) is 1. The molecule has 0 saturated carbocycles. The van der Waals surface area contributed by atoms with Gasteiger partial charge in [0.1, 0.15) is 0 Å². The van der Waals surface area contributed by atoms with Gasteiger partial charge in [-0.05, 0) is 38.1 Å². The normalized spacial score (nSPS) is 12.7. The van der Waals surface area contributed by atoms with Crippen LogP contribution in [0.2, 0.25) is 0 Å². The van der Waals surface area contributed by atoms with Crippen molar-refractivity contribution in [3.63, 3.8) is 0 Å². The third-order valence-electron chi connectivity index (χ3n) is 2.81. The average Bonchev–Trinajstić information content (AvgIpc) is 2.21. The Kier molecular flexibility index (Phi) is 10.5. The van der Waals surface area contributed by atoms with Gasteiger partial charge in [0, 0.05) is 0 Å². The van der Waals surface area contributed by atoms with Crippen molar-refractivity contribution in [2.45, 2.75) is 58.3 Å². The summed E-state index contributed by atoms with van der Waals surface area (Å²) in [6.07, 6.45) is 12.5. The van der Waals surface area contributed by atoms with Crippen LogP contribution in [0, 0.1) is 5.92 Å². The molecule has 0 aliphatic carbocycles. The van der Waals surface area contributed by atoms with E-state index in [0.717, 1.165) is 12.5 Å². The van der Waals surface area contributed by atoms with Crippen molar-refractivity contribution in [3.8, 4) is 0 Å². The minimum atomic E-state index is 0.846. The Morgan fingerprint density at radius 3 is 2.43 bits per heavy atom. The summed E-state index contributed by atoms with van der Waals surface area (Å²) < 4.78 is 0. The quantitative estimate of drug-likeness (QED) is 0.417. The summed E-state index contributed by atoms with van der Waals surface area (Å²) >= 11 is 0. The Morgan fingerprint density at radius 1 is 1.14 bits per heavy atom. The standard InChI is InChI=1S/C13H27N/c1-3-5-7-10-13(9-6-4-2)11-8-12-14/h4,13H,2-3,5-12,14H2,1H3. The molecule has 84 valence electrons. The Morgan fingerprint density at radius 2 is 1.86 bits per heavy atom. The van der Waals surface area contributed by atoms with E-state index in [0.29, 0.717) is 0 Å². The highest BCUT2D eigenvalue weighted by Crippen LogP contribution is 2.20. The van der Waals surface area contributed by atoms with Crippen LogP contribution in [-0.2, 0) is 0 Å². The lowest BCUT2D eigenvalue weighted by Crippen LogP contribution is -2.05. The molecule has 0 bridgehead atoms. The maximum atomic E-state index is 5.54. The van der Waals surface area contributed by atoms with Crippen molar-refractivity contribution in [1.82, 2.24) is 0 Å². The first-order chi connectivity index (χ1) is 6.85. The van der Waals surface area contributed by atoms with Gasteiger partial charge in [-0.25, -0.2) is 0 Å². The maximum Gasteiger partial charge on any atom is -0.00772 e. The zero-order valence-electron chi connectivity index (χ0n) is 9.80. The molecule has 0 aromatic heterocycles. The van der Waals surface area contributed by atoms with E-state index in [4.69, 9.17) is 5.73 Å². The van der Waals surface area contributed by atoms with Crippen LogP contribution in [0.4, 0.5) is 0 Å². The molecule has 2 N–H and O–H groups in total. The minimum Gasteiger partial charge on any atom is -0.330 e. The molecule has 1 unspecified atom stereocenters. The molecule has 0 radical (unpaired) electrons. The number of hydrogen-bond acceptors (Lipinski definition) is 1. The van der Waals surface area contributed by atoms with Crippen molar-refractivity contribution < 1.29 is 0 Å². The summed E-state index contributed by atoms with van der Waals surface area (Å²) in [6.45, 7) is 6.89. The van der Waals surface area contributed by atoms with E-state index in [1.54, 1.807) is 0 Å². The van der Waals surface area contributed by atoms with E-state index in [9.17, 15) is 0 Å². The molecule has 0 spiro atoms. The Balaban J connectivity index is 3.54. The summed E-state index contributed by atoms with van der Waals surface area (Å²) in [5.74, 6) is 0.892. The zero-order valence-corrected chi connectivity index (χ0v) is 9.80. The van der Waals surface area contributed by atoms with E-state index < -0.39 is 0 Å². The number of hydrogen-bond donors (Lipinski definition) is 1. The van der Waals surface area contributed by atoms with Gasteiger partial charge in [-0.1, -0.05) is 38.7 Å². The minimum absolute atomic E-state index is 0.846. The lowest BCUT2D eigenvalue weighted by atomic mass is 9.92. The maximum absolute atomic E-state index is 5.54. The Labute approximate surface area is 89.8 Å². The zero-order chi connectivity index (χ0) is 10.6. The average molecular weight is 197 g/mol. The first-order valence-electron chi connectivity index (χ1n) is 6.16. The van der Waals surface area contributed by atoms with Crippen LogP contribution in [0.25, 0.3) is 0 Å². The summed E-state index contributed by atoms with van der Waals surface area (Å²) in [5.41, 5.74) is 5.54. The molecule has 0 saturated heterocycles. The molecule has 1 atom stereocenters. The highest BCUT2D eigenvalue weighted by Gasteiger charge is 2.06. The van der Waals surface area contributed by atoms with Gasteiger partial charge in [0.05, 0.1) is 0 Å². The monoisotopic (exact) mass is 197 g/mol. The number of rotatable bonds is 10. The molecule has 0 aromatic carbocycles. The Bertz CT molecular complexity index is 120. The Hall–Kier alpha value is -0.300. The predicted molar refractivity (Wildman–Crippen MR) is 65.4 cm³/mol. The summed E-state index contributed by atoms with van der Waals surface area (Å²) in [4.78, 5) is 0. The van der Waals surface area contributed by atoms with Gasteiger partial charge in [-0.3, -0.25) is 0 Å². The molecule has 1 nitrogen and oxygen atoms in total. The lowest BCUT2D eigenvalue weighted by molar-refractivity contribution is 0.396. The van der Waals surface area contributed by atoms with Gasteiger partial charge in [0.15, 0.2) is 0 Å². The molecule has 14 heavy (non-hydrogen) atoms. The van der Waals surface area contributed by atoms with Gasteiger partial charge < -0.3 is 5.73 Å². The number of unbranched alkanes of at least 4 members (excludes halogenated alkanes) is 2. The van der Waals surface area contributed by atoms with Crippen LogP contribution in [-0.4, -0.2) is 6.54 Å². The van der Waals surface area contributed by atoms with Crippen LogP contribution < -0.4 is 5.73 Å². The second-order valence-corrected chi connectivity index (χ2v) is 4.16. The fourth-order valence-corrected chi connectivity index (χ4v) is 1.88. The van der Waals surface area contributed by atoms with Crippen molar-refractivity contribution in [1.29, 1.82) is 0 Å². The van der Waals surface area contributed by atoms with E-state index in [2.05, 4.69) is 13.5 Å². The molecule has 0 aromatic rings. The van der Waals surface area contributed by atoms with Gasteiger partial charge in [0.25, 0.3) is 0 Å². The van der Waals surface area contributed by atoms with Crippen molar-refractivity contribution in [3.05, 3.63) is 12.7 Å². The van der Waals surface area contributed by atoms with Crippen molar-refractivity contribution in [2.24, 2.45) is 11.7 Å². The topological polar surface area (TPSA) is 26.0 Å². The predicted octanol–water partition coefficient (Wildman–Crippen LogP) is 3.89. The summed E-state index contributed by atoms with van der Waals surface area (Å²) in [7, 11) is 0. The highest BCUT2D eigenvalue weighted by molar-refractivity contribution is 4.70. The molecular weight excluding hydrogens is 170 g/mol. The third-order valence-corrected chi connectivity index (χ3v) is 2.81. The van der Waals surface area contributed by atoms with E-state index in [1.807, 2.05) is 6.08 Å². The van der Waals surface area contributed by atoms with Crippen LogP contribution in [0.1, 0.15) is 58.3 Å². The van der Waals surface area contributed by atoms with Gasteiger partial charge >= 0.3 is 0 Å². The van der Waals surface area contributed by atoms with Gasteiger partial charge in [0.2, 0.25) is 0 Å². The number of allylic oxidation sites excluding steroid dienone is 1. The van der Waals surface area contributed by atoms with Crippen LogP contribution in [0.15, 0.2) is 12.7 Å². The molecule has 0 aliphatic rings. The highest BCUT2D eigenvalue weighted by atomic mass is 14.5. The molecule has 0 aliphatic heterocycles. The second-order valence-electron chi connectivity index (χ2n) is 4.16. The van der Waals surface area contributed by atoms with Gasteiger partial charge in [-0.2, -0.15) is 0 Å². The van der Waals surface area contributed by atoms with Crippen molar-refractivity contribution in [2.75, 3.05) is 6.54 Å². The SMILES string of the molecule is C=CCCC(CCCN)CCCCC. The largest absolute Gasteiger partial charge is 0.330 e. The van der Waals surface area contributed by atoms with E-state index >= 15 is 0 Å². The summed E-state index contributed by atoms with van der Waals surface area (Å²) in [6, 6.07) is 0. The van der Waals surface area contributed by atoms with Crippen LogP contribution >= 0.6 is 0 Å². The first-order valence-corrected chi connectivity index (χ1v) is 6.16. The molecule has 0 heterocycles. The summed E-state index contributed by atoms with van der Waals surface area (Å²) in [5, 5.41) is 0.